The molecule has 0 radical (unpaired) electrons. The van der Waals surface area contributed by atoms with Gasteiger partial charge in [-0.2, -0.15) is 0 Å². The van der Waals surface area contributed by atoms with Crippen molar-refractivity contribution >= 4 is 5.97 Å². The Morgan fingerprint density at radius 1 is 0.846 bits per heavy atom. The fraction of sp³-hybridized carbons (Fsp3) is 0.696. The van der Waals surface area contributed by atoms with Crippen molar-refractivity contribution in [2.24, 2.45) is 0 Å². The molecule has 0 bridgehead atoms. The zero-order valence-corrected chi connectivity index (χ0v) is 16.5. The number of esters is 1. The van der Waals surface area contributed by atoms with Crippen LogP contribution in [0.1, 0.15) is 94.3 Å². The average molecular weight is 361 g/mol. The lowest BCUT2D eigenvalue weighted by Gasteiger charge is -2.04. The SMILES string of the molecule is CCCCCCCCC1OC1CCCCCCOC(=O)c1ccccc1. The second-order valence-corrected chi connectivity index (χ2v) is 7.47. The first-order chi connectivity index (χ1) is 12.8. The highest BCUT2D eigenvalue weighted by molar-refractivity contribution is 5.89. The maximum atomic E-state index is 11.8. The molecule has 1 saturated heterocycles. The molecule has 0 N–H and O–H groups in total. The fourth-order valence-corrected chi connectivity index (χ4v) is 3.44. The van der Waals surface area contributed by atoms with Crippen LogP contribution < -0.4 is 0 Å². The quantitative estimate of drug-likeness (QED) is 0.209. The van der Waals surface area contributed by atoms with Crippen molar-refractivity contribution in [3.8, 4) is 0 Å². The van der Waals surface area contributed by atoms with Crippen LogP contribution in [0.4, 0.5) is 0 Å². The van der Waals surface area contributed by atoms with E-state index in [0.29, 0.717) is 24.4 Å². The Morgan fingerprint density at radius 3 is 2.08 bits per heavy atom. The molecular formula is C23H36O3. The molecule has 0 aliphatic carbocycles. The maximum Gasteiger partial charge on any atom is 0.338 e. The van der Waals surface area contributed by atoms with E-state index in [0.717, 1.165) is 12.8 Å². The molecule has 0 aromatic heterocycles. The van der Waals surface area contributed by atoms with Gasteiger partial charge in [0.05, 0.1) is 24.4 Å². The number of hydrogen-bond acceptors (Lipinski definition) is 3. The minimum Gasteiger partial charge on any atom is -0.462 e. The molecule has 26 heavy (non-hydrogen) atoms. The summed E-state index contributed by atoms with van der Waals surface area (Å²) in [6.45, 7) is 2.79. The highest BCUT2D eigenvalue weighted by Gasteiger charge is 2.36. The number of carbonyl (C=O) groups excluding carboxylic acids is 1. The van der Waals surface area contributed by atoms with Gasteiger partial charge in [-0.25, -0.2) is 4.79 Å². The molecule has 2 unspecified atom stereocenters. The molecule has 1 aliphatic rings. The first kappa shape index (κ1) is 21.0. The Balaban J connectivity index is 1.35. The lowest BCUT2D eigenvalue weighted by Crippen LogP contribution is -2.06. The largest absolute Gasteiger partial charge is 0.462 e. The molecule has 0 spiro atoms. The van der Waals surface area contributed by atoms with Crippen molar-refractivity contribution in [2.75, 3.05) is 6.61 Å². The third kappa shape index (κ3) is 8.84. The molecule has 146 valence electrons. The molecule has 2 atom stereocenters. The van der Waals surface area contributed by atoms with Crippen molar-refractivity contribution in [2.45, 2.75) is 96.2 Å². The van der Waals surface area contributed by atoms with E-state index < -0.39 is 0 Å². The molecule has 1 aromatic carbocycles. The first-order valence-corrected chi connectivity index (χ1v) is 10.7. The second-order valence-electron chi connectivity index (χ2n) is 7.47. The van der Waals surface area contributed by atoms with E-state index in [1.165, 1.54) is 64.2 Å². The van der Waals surface area contributed by atoms with E-state index in [9.17, 15) is 4.79 Å². The lowest BCUT2D eigenvalue weighted by atomic mass is 10.0. The minimum atomic E-state index is -0.213. The van der Waals surface area contributed by atoms with E-state index in [2.05, 4.69) is 6.92 Å². The molecule has 1 aliphatic heterocycles. The van der Waals surface area contributed by atoms with Crippen LogP contribution in [0, 0.1) is 0 Å². The predicted octanol–water partition coefficient (Wildman–Crippen LogP) is 6.31. The van der Waals surface area contributed by atoms with E-state index in [1.807, 2.05) is 18.2 Å². The van der Waals surface area contributed by atoms with Gasteiger partial charge in [-0.3, -0.25) is 0 Å². The number of benzene rings is 1. The van der Waals surface area contributed by atoms with Crippen LogP contribution in [0.5, 0.6) is 0 Å². The smallest absolute Gasteiger partial charge is 0.338 e. The van der Waals surface area contributed by atoms with Crippen molar-refractivity contribution in [1.29, 1.82) is 0 Å². The Morgan fingerprint density at radius 2 is 1.42 bits per heavy atom. The van der Waals surface area contributed by atoms with Crippen molar-refractivity contribution in [3.05, 3.63) is 35.9 Å². The molecule has 0 amide bonds. The van der Waals surface area contributed by atoms with Gasteiger partial charge in [-0.05, 0) is 31.4 Å². The molecular weight excluding hydrogens is 324 g/mol. The molecule has 1 aromatic rings. The number of hydrogen-bond donors (Lipinski definition) is 0. The van der Waals surface area contributed by atoms with Gasteiger partial charge in [0.15, 0.2) is 0 Å². The van der Waals surface area contributed by atoms with Crippen LogP contribution in [-0.2, 0) is 9.47 Å². The third-order valence-electron chi connectivity index (χ3n) is 5.16. The van der Waals surface area contributed by atoms with Gasteiger partial charge >= 0.3 is 5.97 Å². The van der Waals surface area contributed by atoms with Gasteiger partial charge in [0.25, 0.3) is 0 Å². The number of ether oxygens (including phenoxy) is 2. The Labute approximate surface area is 159 Å². The van der Waals surface area contributed by atoms with E-state index in [-0.39, 0.29) is 5.97 Å². The van der Waals surface area contributed by atoms with Gasteiger partial charge in [0.1, 0.15) is 0 Å². The summed E-state index contributed by atoms with van der Waals surface area (Å²) in [4.78, 5) is 11.8. The Bertz CT molecular complexity index is 485. The van der Waals surface area contributed by atoms with Crippen LogP contribution in [0.2, 0.25) is 0 Å². The van der Waals surface area contributed by atoms with Crippen LogP contribution in [0.3, 0.4) is 0 Å². The summed E-state index contributed by atoms with van der Waals surface area (Å²) >= 11 is 0. The number of carbonyl (C=O) groups is 1. The minimum absolute atomic E-state index is 0.213. The summed E-state index contributed by atoms with van der Waals surface area (Å²) in [6, 6.07) is 9.20. The van der Waals surface area contributed by atoms with Crippen LogP contribution in [0.25, 0.3) is 0 Å². The first-order valence-electron chi connectivity index (χ1n) is 10.7. The van der Waals surface area contributed by atoms with E-state index in [1.54, 1.807) is 12.1 Å². The van der Waals surface area contributed by atoms with E-state index in [4.69, 9.17) is 9.47 Å². The summed E-state index contributed by atoms with van der Waals surface area (Å²) < 4.78 is 11.1. The lowest BCUT2D eigenvalue weighted by molar-refractivity contribution is 0.0497. The summed E-state index contributed by atoms with van der Waals surface area (Å²) in [5.74, 6) is -0.213. The number of rotatable bonds is 15. The summed E-state index contributed by atoms with van der Waals surface area (Å²) in [5.41, 5.74) is 0.634. The van der Waals surface area contributed by atoms with Gasteiger partial charge in [0, 0.05) is 0 Å². The van der Waals surface area contributed by atoms with Gasteiger partial charge < -0.3 is 9.47 Å². The predicted molar refractivity (Wildman–Crippen MR) is 106 cm³/mol. The molecule has 2 rings (SSSR count). The molecule has 3 nitrogen and oxygen atoms in total. The van der Waals surface area contributed by atoms with Crippen molar-refractivity contribution in [3.63, 3.8) is 0 Å². The van der Waals surface area contributed by atoms with Crippen molar-refractivity contribution < 1.29 is 14.3 Å². The van der Waals surface area contributed by atoms with Gasteiger partial charge in [-0.15, -0.1) is 0 Å². The molecule has 0 saturated carbocycles. The maximum absolute atomic E-state index is 11.8. The van der Waals surface area contributed by atoms with Crippen LogP contribution in [-0.4, -0.2) is 24.8 Å². The summed E-state index contributed by atoms with van der Waals surface area (Å²) in [5, 5.41) is 0. The summed E-state index contributed by atoms with van der Waals surface area (Å²) in [7, 11) is 0. The highest BCUT2D eigenvalue weighted by Crippen LogP contribution is 2.31. The van der Waals surface area contributed by atoms with E-state index >= 15 is 0 Å². The summed E-state index contributed by atoms with van der Waals surface area (Å²) in [6.07, 6.45) is 16.2. The average Bonchev–Trinajstić information content (AvgIpc) is 3.42. The van der Waals surface area contributed by atoms with Crippen molar-refractivity contribution in [1.82, 2.24) is 0 Å². The van der Waals surface area contributed by atoms with Gasteiger partial charge in [0.2, 0.25) is 0 Å². The van der Waals surface area contributed by atoms with Crippen LogP contribution in [0.15, 0.2) is 30.3 Å². The number of epoxide rings is 1. The second kappa shape index (κ2) is 12.9. The highest BCUT2D eigenvalue weighted by atomic mass is 16.6. The molecule has 3 heteroatoms. The zero-order chi connectivity index (χ0) is 18.5. The Kier molecular flexibility index (Phi) is 10.4. The van der Waals surface area contributed by atoms with Gasteiger partial charge in [-0.1, -0.05) is 82.9 Å². The zero-order valence-electron chi connectivity index (χ0n) is 16.5. The molecule has 1 fully saturated rings. The standard InChI is InChI=1S/C23H36O3/c1-2-3-4-5-6-12-17-21-22(26-21)18-13-7-8-14-19-25-23(24)20-15-10-9-11-16-20/h9-11,15-16,21-22H,2-8,12-14,17-19H2,1H3. The monoisotopic (exact) mass is 360 g/mol. The normalized spacial score (nSPS) is 18.7. The fourth-order valence-electron chi connectivity index (χ4n) is 3.44. The third-order valence-corrected chi connectivity index (χ3v) is 5.16. The topological polar surface area (TPSA) is 38.8 Å². The van der Waals surface area contributed by atoms with Crippen LogP contribution >= 0.6 is 0 Å². The molecule has 1 heterocycles. The number of unbranched alkanes of at least 4 members (excludes halogenated alkanes) is 8. The Hall–Kier alpha value is -1.35.